The summed E-state index contributed by atoms with van der Waals surface area (Å²) in [7, 11) is 5.83. The third-order valence-electron chi connectivity index (χ3n) is 6.34. The topological polar surface area (TPSA) is 136 Å². The van der Waals surface area contributed by atoms with Crippen LogP contribution in [0.15, 0.2) is 54.2 Å². The molecule has 3 heterocycles. The minimum Gasteiger partial charge on any atom is -0.507 e. The van der Waals surface area contributed by atoms with Crippen LogP contribution in [0.5, 0.6) is 23.0 Å². The number of ether oxygens (including phenoxy) is 4. The van der Waals surface area contributed by atoms with Crippen LogP contribution < -0.4 is 23.8 Å². The van der Waals surface area contributed by atoms with E-state index < -0.39 is 23.5 Å². The highest BCUT2D eigenvalue weighted by molar-refractivity contribution is 6.51. The molecule has 2 N–H and O–H groups in total. The van der Waals surface area contributed by atoms with Crippen molar-refractivity contribution in [3.8, 4) is 23.0 Å². The van der Waals surface area contributed by atoms with Crippen LogP contribution in [0.1, 0.15) is 17.3 Å². The SMILES string of the molecule is COc1cc(OC)c(/C(O)=C2\C(=O)C(=O)N(c3nc4cc(OC)c(OC)cc4[nH]3)C2c2ccccn2)cc1Cl. The summed E-state index contributed by atoms with van der Waals surface area (Å²) in [4.78, 5) is 40.1. The van der Waals surface area contributed by atoms with E-state index >= 15 is 0 Å². The van der Waals surface area contributed by atoms with Crippen molar-refractivity contribution in [1.29, 1.82) is 0 Å². The molecule has 4 aromatic rings. The third kappa shape index (κ3) is 4.26. The molecule has 0 aliphatic carbocycles. The number of benzene rings is 2. The Kier molecular flexibility index (Phi) is 6.75. The number of carbonyl (C=O) groups excluding carboxylic acids is 2. The second-order valence-electron chi connectivity index (χ2n) is 8.40. The van der Waals surface area contributed by atoms with Gasteiger partial charge in [-0.2, -0.15) is 0 Å². The van der Waals surface area contributed by atoms with Gasteiger partial charge in [0.25, 0.3) is 5.78 Å². The van der Waals surface area contributed by atoms with Crippen LogP contribution in [-0.4, -0.2) is 60.2 Å². The molecule has 200 valence electrons. The first-order valence-corrected chi connectivity index (χ1v) is 12.0. The monoisotopic (exact) mass is 550 g/mol. The Morgan fingerprint density at radius 3 is 2.28 bits per heavy atom. The summed E-state index contributed by atoms with van der Waals surface area (Å²) in [5.74, 6) is -0.898. The number of aliphatic hydroxyl groups excluding tert-OH is 1. The van der Waals surface area contributed by atoms with Gasteiger partial charge in [-0.3, -0.25) is 19.5 Å². The van der Waals surface area contributed by atoms with E-state index in [0.717, 1.165) is 4.90 Å². The van der Waals surface area contributed by atoms with Gasteiger partial charge in [-0.25, -0.2) is 4.98 Å². The molecule has 1 atom stereocenters. The van der Waals surface area contributed by atoms with Crippen molar-refractivity contribution in [2.45, 2.75) is 6.04 Å². The van der Waals surface area contributed by atoms with Crippen molar-refractivity contribution in [2.75, 3.05) is 33.3 Å². The Hall–Kier alpha value is -4.77. The number of fused-ring (bicyclic) bond motifs is 1. The van der Waals surface area contributed by atoms with E-state index in [9.17, 15) is 14.7 Å². The summed E-state index contributed by atoms with van der Waals surface area (Å²) in [5.41, 5.74) is 1.21. The maximum atomic E-state index is 13.5. The van der Waals surface area contributed by atoms with Gasteiger partial charge in [-0.15, -0.1) is 0 Å². The van der Waals surface area contributed by atoms with Crippen molar-refractivity contribution in [2.24, 2.45) is 0 Å². The molecule has 0 spiro atoms. The standard InChI is InChI=1S/C27H23ClN4O7/c1-36-18-12-19(37-2)14(28)9-13(18)24(33)22-23(15-7-5-6-8-29-15)32(26(35)25(22)34)27-30-16-10-20(38-3)21(39-4)11-17(16)31-27/h5-12,23,33H,1-4H3,(H,30,31)/b24-22+. The number of ketones is 1. The molecule has 39 heavy (non-hydrogen) atoms. The quantitative estimate of drug-likeness (QED) is 0.196. The van der Waals surface area contributed by atoms with Crippen LogP contribution in [0.4, 0.5) is 5.95 Å². The highest BCUT2D eigenvalue weighted by Crippen LogP contribution is 2.44. The Bertz CT molecular complexity index is 1590. The molecule has 2 aromatic carbocycles. The van der Waals surface area contributed by atoms with E-state index in [4.69, 9.17) is 30.5 Å². The maximum absolute atomic E-state index is 13.5. The van der Waals surface area contributed by atoms with Gasteiger partial charge in [0, 0.05) is 24.4 Å². The number of hydrogen-bond acceptors (Lipinski definition) is 9. The number of hydrogen-bond donors (Lipinski definition) is 2. The Morgan fingerprint density at radius 2 is 1.64 bits per heavy atom. The second-order valence-corrected chi connectivity index (χ2v) is 8.80. The van der Waals surface area contributed by atoms with E-state index in [1.807, 2.05) is 0 Å². The number of pyridine rings is 1. The van der Waals surface area contributed by atoms with Gasteiger partial charge in [0.2, 0.25) is 5.95 Å². The van der Waals surface area contributed by atoms with E-state index in [2.05, 4.69) is 15.0 Å². The van der Waals surface area contributed by atoms with Gasteiger partial charge in [-0.1, -0.05) is 17.7 Å². The molecule has 0 saturated carbocycles. The Balaban J connectivity index is 1.73. The summed E-state index contributed by atoms with van der Waals surface area (Å²) in [5, 5.41) is 11.7. The van der Waals surface area contributed by atoms with Crippen molar-refractivity contribution in [1.82, 2.24) is 15.0 Å². The fourth-order valence-corrected chi connectivity index (χ4v) is 4.74. The molecule has 1 aliphatic heterocycles. The smallest absolute Gasteiger partial charge is 0.302 e. The zero-order valence-electron chi connectivity index (χ0n) is 21.3. The van der Waals surface area contributed by atoms with Crippen LogP contribution in [0.3, 0.4) is 0 Å². The van der Waals surface area contributed by atoms with Gasteiger partial charge in [0.1, 0.15) is 23.3 Å². The van der Waals surface area contributed by atoms with Crippen molar-refractivity contribution in [3.05, 3.63) is 70.5 Å². The predicted molar refractivity (Wildman–Crippen MR) is 143 cm³/mol. The molecule has 11 nitrogen and oxygen atoms in total. The van der Waals surface area contributed by atoms with Crippen LogP contribution in [-0.2, 0) is 9.59 Å². The molecule has 1 aliphatic rings. The highest BCUT2D eigenvalue weighted by Gasteiger charge is 2.49. The van der Waals surface area contributed by atoms with Crippen LogP contribution in [0.25, 0.3) is 16.8 Å². The summed E-state index contributed by atoms with van der Waals surface area (Å²) in [6.45, 7) is 0. The second kappa shape index (κ2) is 10.2. The summed E-state index contributed by atoms with van der Waals surface area (Å²) >= 11 is 6.32. The number of nitrogens with one attached hydrogen (secondary N) is 1. The van der Waals surface area contributed by atoms with Gasteiger partial charge in [0.05, 0.1) is 61.3 Å². The van der Waals surface area contributed by atoms with Crippen LogP contribution >= 0.6 is 11.6 Å². The molecule has 2 aromatic heterocycles. The number of H-pyrrole nitrogens is 1. The molecular formula is C27H23ClN4O7. The first-order chi connectivity index (χ1) is 18.8. The Labute approximate surface area is 227 Å². The minimum absolute atomic E-state index is 0.0665. The van der Waals surface area contributed by atoms with Crippen molar-refractivity contribution < 1.29 is 33.6 Å². The number of aromatic nitrogens is 3. The number of anilines is 1. The van der Waals surface area contributed by atoms with E-state index in [1.165, 1.54) is 46.8 Å². The molecule has 1 amide bonds. The molecular weight excluding hydrogens is 528 g/mol. The van der Waals surface area contributed by atoms with Crippen LogP contribution in [0.2, 0.25) is 5.02 Å². The number of aromatic amines is 1. The zero-order valence-corrected chi connectivity index (χ0v) is 22.1. The van der Waals surface area contributed by atoms with Gasteiger partial charge >= 0.3 is 5.91 Å². The molecule has 12 heteroatoms. The fourth-order valence-electron chi connectivity index (χ4n) is 4.50. The molecule has 1 unspecified atom stereocenters. The van der Waals surface area contributed by atoms with Gasteiger partial charge < -0.3 is 29.0 Å². The average molecular weight is 551 g/mol. The number of imidazole rings is 1. The Morgan fingerprint density at radius 1 is 0.949 bits per heavy atom. The fraction of sp³-hybridized carbons (Fsp3) is 0.185. The normalized spacial score (nSPS) is 16.5. The van der Waals surface area contributed by atoms with E-state index in [-0.39, 0.29) is 27.9 Å². The van der Waals surface area contributed by atoms with Crippen molar-refractivity contribution >= 4 is 46.0 Å². The lowest BCUT2D eigenvalue weighted by Gasteiger charge is -2.22. The lowest BCUT2D eigenvalue weighted by Crippen LogP contribution is -2.30. The molecule has 0 radical (unpaired) electrons. The van der Waals surface area contributed by atoms with Gasteiger partial charge in [0.15, 0.2) is 11.5 Å². The number of aliphatic hydroxyl groups is 1. The number of carbonyl (C=O) groups is 2. The predicted octanol–water partition coefficient (Wildman–Crippen LogP) is 4.27. The lowest BCUT2D eigenvalue weighted by molar-refractivity contribution is -0.132. The summed E-state index contributed by atoms with van der Waals surface area (Å²) in [6, 6.07) is 10.1. The molecule has 1 fully saturated rings. The minimum atomic E-state index is -1.12. The number of rotatable bonds is 7. The first-order valence-electron chi connectivity index (χ1n) is 11.6. The highest BCUT2D eigenvalue weighted by atomic mass is 35.5. The number of halogens is 1. The molecule has 1 saturated heterocycles. The number of Topliss-reactive ketones (excluding diaryl/α,β-unsaturated/α-hetero) is 1. The maximum Gasteiger partial charge on any atom is 0.302 e. The van der Waals surface area contributed by atoms with Gasteiger partial charge in [-0.05, 0) is 18.2 Å². The number of nitrogens with zero attached hydrogens (tertiary/aromatic N) is 3. The molecule has 0 bridgehead atoms. The lowest BCUT2D eigenvalue weighted by atomic mass is 9.98. The number of methoxy groups -OCH3 is 4. The summed E-state index contributed by atoms with van der Waals surface area (Å²) < 4.78 is 21.4. The van der Waals surface area contributed by atoms with Crippen molar-refractivity contribution in [3.63, 3.8) is 0 Å². The molecule has 5 rings (SSSR count). The van der Waals surface area contributed by atoms with Crippen LogP contribution in [0, 0.1) is 0 Å². The average Bonchev–Trinajstić information content (AvgIpc) is 3.49. The zero-order chi connectivity index (χ0) is 27.8. The first kappa shape index (κ1) is 25.9. The largest absolute Gasteiger partial charge is 0.507 e. The number of amides is 1. The van der Waals surface area contributed by atoms with E-state index in [1.54, 1.807) is 30.3 Å². The summed E-state index contributed by atoms with van der Waals surface area (Å²) in [6.07, 6.45) is 1.52. The van der Waals surface area contributed by atoms with E-state index in [0.29, 0.717) is 34.0 Å². The third-order valence-corrected chi connectivity index (χ3v) is 6.64.